The van der Waals surface area contributed by atoms with Gasteiger partial charge in [0.1, 0.15) is 5.69 Å². The van der Waals surface area contributed by atoms with Crippen LogP contribution in [0.15, 0.2) is 68.7 Å². The molecular weight excluding hydrogens is 348 g/mol. The fraction of sp³-hybridized carbons (Fsp3) is 0.158. The van der Waals surface area contributed by atoms with Gasteiger partial charge in [-0.05, 0) is 18.2 Å². The fourth-order valence-electron chi connectivity index (χ4n) is 2.67. The summed E-state index contributed by atoms with van der Waals surface area (Å²) in [5.74, 6) is 0.755. The first kappa shape index (κ1) is 16.6. The van der Waals surface area contributed by atoms with Gasteiger partial charge in [-0.15, -0.1) is 11.3 Å². The molecule has 26 heavy (non-hydrogen) atoms. The van der Waals surface area contributed by atoms with E-state index in [0.717, 1.165) is 32.7 Å². The summed E-state index contributed by atoms with van der Waals surface area (Å²) < 4.78 is 12.4. The molecule has 7 heteroatoms. The molecular formula is C19H18N4O2S. The maximum atomic E-state index is 5.55. The molecule has 1 aromatic carbocycles. The third kappa shape index (κ3) is 3.26. The molecule has 0 saturated heterocycles. The Morgan fingerprint density at radius 2 is 2.19 bits per heavy atom. The van der Waals surface area contributed by atoms with E-state index in [2.05, 4.69) is 21.1 Å². The molecule has 0 amide bonds. The zero-order valence-electron chi connectivity index (χ0n) is 14.3. The van der Waals surface area contributed by atoms with E-state index in [-0.39, 0.29) is 0 Å². The summed E-state index contributed by atoms with van der Waals surface area (Å²) in [6, 6.07) is 11.9. The Bertz CT molecular complexity index is 1090. The van der Waals surface area contributed by atoms with Gasteiger partial charge in [0.15, 0.2) is 5.76 Å². The number of fused-ring (bicyclic) bond motifs is 1. The average Bonchev–Trinajstić information content (AvgIpc) is 3.40. The van der Waals surface area contributed by atoms with E-state index in [1.165, 1.54) is 11.3 Å². The maximum Gasteiger partial charge on any atom is 0.206 e. The lowest BCUT2D eigenvalue weighted by atomic mass is 10.2. The number of methoxy groups -OCH3 is 1. The number of rotatable bonds is 6. The number of ether oxygens (including phenoxy) is 1. The largest absolute Gasteiger partial charge is 0.463 e. The molecule has 4 aromatic rings. The lowest BCUT2D eigenvalue weighted by molar-refractivity contribution is 0.207. The molecule has 1 N–H and O–H groups in total. The second-order valence-electron chi connectivity index (χ2n) is 5.60. The Kier molecular flexibility index (Phi) is 4.81. The normalized spacial score (nSPS) is 12.6. The highest BCUT2D eigenvalue weighted by atomic mass is 32.1. The van der Waals surface area contributed by atoms with Gasteiger partial charge in [0.05, 0.1) is 25.6 Å². The number of thiazole rings is 1. The van der Waals surface area contributed by atoms with Crippen LogP contribution in [0.25, 0.3) is 22.4 Å². The summed E-state index contributed by atoms with van der Waals surface area (Å²) in [5.41, 5.74) is 2.97. The van der Waals surface area contributed by atoms with Gasteiger partial charge in [-0.25, -0.2) is 4.68 Å². The Labute approximate surface area is 154 Å². The molecule has 0 aliphatic carbocycles. The third-order valence-electron chi connectivity index (χ3n) is 3.93. The molecule has 4 rings (SSSR count). The van der Waals surface area contributed by atoms with Crippen LogP contribution in [0.4, 0.5) is 0 Å². The summed E-state index contributed by atoms with van der Waals surface area (Å²) in [4.78, 5) is 8.64. The van der Waals surface area contributed by atoms with Crippen molar-refractivity contribution in [1.82, 2.24) is 9.66 Å². The summed E-state index contributed by atoms with van der Waals surface area (Å²) >= 11 is 1.52. The van der Waals surface area contributed by atoms with Crippen molar-refractivity contribution < 1.29 is 9.15 Å². The zero-order chi connectivity index (χ0) is 17.8. The molecule has 0 unspecified atom stereocenters. The minimum atomic E-state index is 0.570. The van der Waals surface area contributed by atoms with E-state index in [4.69, 9.17) is 9.15 Å². The molecule has 0 atom stereocenters. The van der Waals surface area contributed by atoms with Crippen LogP contribution >= 0.6 is 11.3 Å². The molecule has 0 aliphatic rings. The first-order chi connectivity index (χ1) is 12.9. The molecule has 0 aliphatic heterocycles. The van der Waals surface area contributed by atoms with E-state index in [1.807, 2.05) is 48.1 Å². The van der Waals surface area contributed by atoms with Crippen molar-refractivity contribution in [2.24, 2.45) is 10.1 Å². The minimum absolute atomic E-state index is 0.570. The van der Waals surface area contributed by atoms with Gasteiger partial charge in [-0.1, -0.05) is 18.2 Å². The Hall–Kier alpha value is -2.90. The summed E-state index contributed by atoms with van der Waals surface area (Å²) in [6.07, 6.45) is 5.45. The van der Waals surface area contributed by atoms with Gasteiger partial charge in [0.25, 0.3) is 0 Å². The number of H-pyrrole nitrogens is 1. The first-order valence-corrected chi connectivity index (χ1v) is 9.09. The van der Waals surface area contributed by atoms with Crippen LogP contribution in [-0.2, 0) is 4.74 Å². The van der Waals surface area contributed by atoms with Crippen molar-refractivity contribution in [3.8, 4) is 11.5 Å². The molecule has 3 heterocycles. The molecule has 132 valence electrons. The monoisotopic (exact) mass is 366 g/mol. The Balaban J connectivity index is 1.76. The summed E-state index contributed by atoms with van der Waals surface area (Å²) in [7, 11) is 1.67. The first-order valence-electron chi connectivity index (χ1n) is 8.21. The Morgan fingerprint density at radius 1 is 1.27 bits per heavy atom. The van der Waals surface area contributed by atoms with Gasteiger partial charge in [-0.2, -0.15) is 5.10 Å². The summed E-state index contributed by atoms with van der Waals surface area (Å²) in [5, 5.41) is 7.81. The van der Waals surface area contributed by atoms with Gasteiger partial charge in [0, 0.05) is 35.2 Å². The highest BCUT2D eigenvalue weighted by molar-refractivity contribution is 7.07. The van der Waals surface area contributed by atoms with E-state index in [1.54, 1.807) is 18.0 Å². The van der Waals surface area contributed by atoms with Crippen LogP contribution in [-0.4, -0.2) is 36.1 Å². The fourth-order valence-corrected chi connectivity index (χ4v) is 3.51. The van der Waals surface area contributed by atoms with E-state index >= 15 is 0 Å². The van der Waals surface area contributed by atoms with Gasteiger partial charge >= 0.3 is 0 Å². The number of aromatic amines is 1. The lowest BCUT2D eigenvalue weighted by Crippen LogP contribution is -2.13. The van der Waals surface area contributed by atoms with Gasteiger partial charge < -0.3 is 14.1 Å². The number of hydrogen-bond donors (Lipinski definition) is 1. The average molecular weight is 366 g/mol. The molecule has 0 spiro atoms. The van der Waals surface area contributed by atoms with Crippen molar-refractivity contribution in [2.45, 2.75) is 0 Å². The molecule has 0 saturated carbocycles. The summed E-state index contributed by atoms with van der Waals surface area (Å²) in [6.45, 7) is 1.15. The molecule has 3 aromatic heterocycles. The maximum absolute atomic E-state index is 5.55. The highest BCUT2D eigenvalue weighted by Crippen LogP contribution is 2.21. The third-order valence-corrected chi connectivity index (χ3v) is 4.79. The number of benzene rings is 1. The number of para-hydroxylation sites is 1. The van der Waals surface area contributed by atoms with Gasteiger partial charge in [-0.3, -0.25) is 4.99 Å². The van der Waals surface area contributed by atoms with E-state index < -0.39 is 0 Å². The van der Waals surface area contributed by atoms with E-state index in [0.29, 0.717) is 13.2 Å². The number of nitrogens with one attached hydrogen (secondary N) is 1. The van der Waals surface area contributed by atoms with Crippen LogP contribution in [0, 0.1) is 0 Å². The van der Waals surface area contributed by atoms with Crippen molar-refractivity contribution in [1.29, 1.82) is 0 Å². The SMILES string of the molecule is COCCN=c1scc(-c2ccco2)n1/N=C/c1c[nH]c2ccccc12. The van der Waals surface area contributed by atoms with Crippen LogP contribution in [0.3, 0.4) is 0 Å². The zero-order valence-corrected chi connectivity index (χ0v) is 15.1. The van der Waals surface area contributed by atoms with Crippen LogP contribution in [0.1, 0.15) is 5.56 Å². The molecule has 0 radical (unpaired) electrons. The highest BCUT2D eigenvalue weighted by Gasteiger charge is 2.10. The predicted molar refractivity (Wildman–Crippen MR) is 104 cm³/mol. The Morgan fingerprint density at radius 3 is 3.04 bits per heavy atom. The van der Waals surface area contributed by atoms with Crippen molar-refractivity contribution >= 4 is 28.5 Å². The quantitative estimate of drug-likeness (QED) is 0.417. The molecule has 6 nitrogen and oxygen atoms in total. The lowest BCUT2D eigenvalue weighted by Gasteiger charge is -2.00. The topological polar surface area (TPSA) is 67.8 Å². The smallest absolute Gasteiger partial charge is 0.206 e. The second-order valence-corrected chi connectivity index (χ2v) is 6.44. The number of aromatic nitrogens is 2. The van der Waals surface area contributed by atoms with Crippen LogP contribution < -0.4 is 4.80 Å². The second kappa shape index (κ2) is 7.55. The van der Waals surface area contributed by atoms with Crippen LogP contribution in [0.2, 0.25) is 0 Å². The predicted octanol–water partition coefficient (Wildman–Crippen LogP) is 3.72. The van der Waals surface area contributed by atoms with Gasteiger partial charge in [0.2, 0.25) is 4.80 Å². The molecule has 0 fully saturated rings. The van der Waals surface area contributed by atoms with E-state index in [9.17, 15) is 0 Å². The number of nitrogens with zero attached hydrogens (tertiary/aromatic N) is 3. The van der Waals surface area contributed by atoms with Crippen LogP contribution in [0.5, 0.6) is 0 Å². The van der Waals surface area contributed by atoms with Crippen molar-refractivity contribution in [3.63, 3.8) is 0 Å². The minimum Gasteiger partial charge on any atom is -0.463 e. The number of hydrogen-bond acceptors (Lipinski definition) is 5. The standard InChI is InChI=1S/C19H18N4O2S/c1-24-10-8-20-19-23(17(13-26-19)18-7-4-9-25-18)22-12-14-11-21-16-6-3-2-5-15(14)16/h2-7,9,11-13,21H,8,10H2,1H3/b20-19?,22-12+. The molecule has 0 bridgehead atoms. The van der Waals surface area contributed by atoms with Crippen molar-refractivity contribution in [2.75, 3.05) is 20.3 Å². The number of furan rings is 1. The van der Waals surface area contributed by atoms with Crippen molar-refractivity contribution in [3.05, 3.63) is 64.6 Å².